The Labute approximate surface area is 124 Å². The number of aromatic nitrogens is 3. The van der Waals surface area contributed by atoms with Crippen molar-refractivity contribution in [1.29, 1.82) is 0 Å². The number of rotatable bonds is 5. The first-order valence-corrected chi connectivity index (χ1v) is 7.38. The van der Waals surface area contributed by atoms with E-state index in [0.29, 0.717) is 24.1 Å². The van der Waals surface area contributed by atoms with Crippen molar-refractivity contribution in [3.63, 3.8) is 0 Å². The van der Waals surface area contributed by atoms with Crippen LogP contribution < -0.4 is 10.6 Å². The highest BCUT2D eigenvalue weighted by atomic mass is 16.5. The summed E-state index contributed by atoms with van der Waals surface area (Å²) in [7, 11) is 3.63. The van der Waals surface area contributed by atoms with Crippen LogP contribution in [0.5, 0.6) is 0 Å². The highest BCUT2D eigenvalue weighted by Crippen LogP contribution is 2.26. The molecule has 7 nitrogen and oxygen atoms in total. The standard InChI is InChI=1S/C14H23N5O2/c1-19(2)14-17-11(16-13(15)18-14)9-21-12(20)8-10-6-4-3-5-7-10/h10H,3-9H2,1-2H3,(H2,15,16,17,18). The van der Waals surface area contributed by atoms with E-state index in [1.165, 1.54) is 19.3 Å². The lowest BCUT2D eigenvalue weighted by molar-refractivity contribution is -0.146. The Morgan fingerprint density at radius 3 is 2.62 bits per heavy atom. The molecule has 1 saturated carbocycles. The average molecular weight is 293 g/mol. The maximum Gasteiger partial charge on any atom is 0.306 e. The van der Waals surface area contributed by atoms with Crippen molar-refractivity contribution in [2.24, 2.45) is 5.92 Å². The summed E-state index contributed by atoms with van der Waals surface area (Å²) in [4.78, 5) is 25.8. The van der Waals surface area contributed by atoms with Crippen LogP contribution >= 0.6 is 0 Å². The lowest BCUT2D eigenvalue weighted by Crippen LogP contribution is -2.18. The summed E-state index contributed by atoms with van der Waals surface area (Å²) in [5.41, 5.74) is 5.62. The molecule has 1 aromatic rings. The quantitative estimate of drug-likeness (QED) is 0.823. The van der Waals surface area contributed by atoms with E-state index in [9.17, 15) is 4.79 Å². The van der Waals surface area contributed by atoms with Gasteiger partial charge in [0, 0.05) is 20.5 Å². The third kappa shape index (κ3) is 4.84. The first kappa shape index (κ1) is 15.5. The maximum atomic E-state index is 11.9. The topological polar surface area (TPSA) is 94.2 Å². The molecule has 1 aliphatic rings. The lowest BCUT2D eigenvalue weighted by atomic mass is 9.87. The summed E-state index contributed by atoms with van der Waals surface area (Å²) in [6.07, 6.45) is 6.45. The molecule has 116 valence electrons. The summed E-state index contributed by atoms with van der Waals surface area (Å²) in [6.45, 7) is 0.0408. The van der Waals surface area contributed by atoms with Crippen LogP contribution in [0, 0.1) is 5.92 Å². The molecule has 0 atom stereocenters. The van der Waals surface area contributed by atoms with Crippen LogP contribution in [0.1, 0.15) is 44.3 Å². The number of ether oxygens (including phenoxy) is 1. The van der Waals surface area contributed by atoms with E-state index in [1.807, 2.05) is 14.1 Å². The number of carbonyl (C=O) groups is 1. The third-order valence-corrected chi connectivity index (χ3v) is 3.63. The fourth-order valence-corrected chi connectivity index (χ4v) is 2.52. The minimum absolute atomic E-state index is 0.0408. The zero-order chi connectivity index (χ0) is 15.2. The number of nitrogen functional groups attached to an aromatic ring is 1. The van der Waals surface area contributed by atoms with Gasteiger partial charge in [-0.3, -0.25) is 4.79 Å². The fourth-order valence-electron chi connectivity index (χ4n) is 2.52. The van der Waals surface area contributed by atoms with Gasteiger partial charge in [0.15, 0.2) is 12.4 Å². The summed E-state index contributed by atoms with van der Waals surface area (Å²) in [6, 6.07) is 0. The van der Waals surface area contributed by atoms with Crippen molar-refractivity contribution in [2.45, 2.75) is 45.1 Å². The molecule has 0 bridgehead atoms. The van der Waals surface area contributed by atoms with Gasteiger partial charge in [0.1, 0.15) is 0 Å². The SMILES string of the molecule is CN(C)c1nc(N)nc(COC(=O)CC2CCCCC2)n1. The molecule has 7 heteroatoms. The van der Waals surface area contributed by atoms with E-state index < -0.39 is 0 Å². The van der Waals surface area contributed by atoms with Crippen molar-refractivity contribution < 1.29 is 9.53 Å². The van der Waals surface area contributed by atoms with Crippen LogP contribution in [0.2, 0.25) is 0 Å². The van der Waals surface area contributed by atoms with Gasteiger partial charge in [-0.05, 0) is 18.8 Å². The van der Waals surface area contributed by atoms with Crippen molar-refractivity contribution in [2.75, 3.05) is 24.7 Å². The second-order valence-corrected chi connectivity index (χ2v) is 5.67. The molecule has 0 aromatic carbocycles. The van der Waals surface area contributed by atoms with Crippen molar-refractivity contribution >= 4 is 17.9 Å². The van der Waals surface area contributed by atoms with E-state index in [4.69, 9.17) is 10.5 Å². The van der Waals surface area contributed by atoms with Crippen LogP contribution in [0.25, 0.3) is 0 Å². The van der Waals surface area contributed by atoms with Gasteiger partial charge in [-0.15, -0.1) is 0 Å². The van der Waals surface area contributed by atoms with Crippen molar-refractivity contribution in [1.82, 2.24) is 15.0 Å². The van der Waals surface area contributed by atoms with Gasteiger partial charge < -0.3 is 15.4 Å². The monoisotopic (exact) mass is 293 g/mol. The Bertz CT molecular complexity index is 486. The van der Waals surface area contributed by atoms with Crippen LogP contribution in [0.3, 0.4) is 0 Å². The molecule has 2 rings (SSSR count). The number of carbonyl (C=O) groups excluding carboxylic acids is 1. The first-order valence-electron chi connectivity index (χ1n) is 7.38. The second-order valence-electron chi connectivity index (χ2n) is 5.67. The number of hydrogen-bond donors (Lipinski definition) is 1. The molecule has 0 aliphatic heterocycles. The van der Waals surface area contributed by atoms with Gasteiger partial charge >= 0.3 is 5.97 Å². The second kappa shape index (κ2) is 7.19. The van der Waals surface area contributed by atoms with E-state index in [-0.39, 0.29) is 18.5 Å². The van der Waals surface area contributed by atoms with Crippen molar-refractivity contribution in [3.05, 3.63) is 5.82 Å². The van der Waals surface area contributed by atoms with Crippen LogP contribution in [0.15, 0.2) is 0 Å². The van der Waals surface area contributed by atoms with Crippen LogP contribution in [0.4, 0.5) is 11.9 Å². The van der Waals surface area contributed by atoms with E-state index in [1.54, 1.807) is 4.90 Å². The molecular formula is C14H23N5O2. The molecule has 0 spiro atoms. The predicted octanol–water partition coefficient (Wildman–Crippen LogP) is 1.53. The van der Waals surface area contributed by atoms with E-state index >= 15 is 0 Å². The van der Waals surface area contributed by atoms with Gasteiger partial charge in [0.05, 0.1) is 0 Å². The molecular weight excluding hydrogens is 270 g/mol. The maximum absolute atomic E-state index is 11.9. The Balaban J connectivity index is 1.85. The lowest BCUT2D eigenvalue weighted by Gasteiger charge is -2.20. The number of esters is 1. The predicted molar refractivity (Wildman–Crippen MR) is 79.6 cm³/mol. The molecule has 21 heavy (non-hydrogen) atoms. The van der Waals surface area contributed by atoms with Gasteiger partial charge in [-0.2, -0.15) is 15.0 Å². The Morgan fingerprint density at radius 2 is 1.95 bits per heavy atom. The molecule has 2 N–H and O–H groups in total. The normalized spacial score (nSPS) is 15.7. The molecule has 0 saturated heterocycles. The van der Waals surface area contributed by atoms with Gasteiger partial charge in [0.2, 0.25) is 11.9 Å². The molecule has 0 unspecified atom stereocenters. The molecule has 0 amide bonds. The molecule has 0 radical (unpaired) electrons. The minimum Gasteiger partial charge on any atom is -0.457 e. The Hall–Kier alpha value is -1.92. The average Bonchev–Trinajstić information content (AvgIpc) is 2.45. The Morgan fingerprint density at radius 1 is 1.24 bits per heavy atom. The fraction of sp³-hybridized carbons (Fsp3) is 0.714. The van der Waals surface area contributed by atoms with Crippen LogP contribution in [-0.2, 0) is 16.1 Å². The first-order chi connectivity index (χ1) is 10.0. The van der Waals surface area contributed by atoms with Crippen molar-refractivity contribution in [3.8, 4) is 0 Å². The minimum atomic E-state index is -0.188. The number of anilines is 2. The molecule has 1 heterocycles. The molecule has 1 fully saturated rings. The Kier molecular flexibility index (Phi) is 5.30. The molecule has 1 aliphatic carbocycles. The van der Waals surface area contributed by atoms with E-state index in [0.717, 1.165) is 12.8 Å². The smallest absolute Gasteiger partial charge is 0.306 e. The highest BCUT2D eigenvalue weighted by Gasteiger charge is 2.18. The largest absolute Gasteiger partial charge is 0.457 e. The summed E-state index contributed by atoms with van der Waals surface area (Å²) in [5.74, 6) is 1.25. The molecule has 1 aromatic heterocycles. The van der Waals surface area contributed by atoms with Crippen LogP contribution in [-0.4, -0.2) is 35.0 Å². The number of nitrogens with two attached hydrogens (primary N) is 1. The highest BCUT2D eigenvalue weighted by molar-refractivity contribution is 5.69. The summed E-state index contributed by atoms with van der Waals surface area (Å²) in [5, 5.41) is 0. The summed E-state index contributed by atoms with van der Waals surface area (Å²) >= 11 is 0. The number of hydrogen-bond acceptors (Lipinski definition) is 7. The van der Waals surface area contributed by atoms with Gasteiger partial charge in [0.25, 0.3) is 0 Å². The van der Waals surface area contributed by atoms with Gasteiger partial charge in [-0.25, -0.2) is 0 Å². The van der Waals surface area contributed by atoms with E-state index in [2.05, 4.69) is 15.0 Å². The third-order valence-electron chi connectivity index (χ3n) is 3.63. The number of nitrogens with zero attached hydrogens (tertiary/aromatic N) is 4. The zero-order valence-corrected chi connectivity index (χ0v) is 12.7. The summed E-state index contributed by atoms with van der Waals surface area (Å²) < 4.78 is 5.25. The zero-order valence-electron chi connectivity index (χ0n) is 12.7. The van der Waals surface area contributed by atoms with Gasteiger partial charge in [-0.1, -0.05) is 19.3 Å².